The third-order valence-corrected chi connectivity index (χ3v) is 15.6. The molecule has 6 rings (SSSR count). The molecule has 2 atom stereocenters. The Balaban J connectivity index is 1.11. The number of hydrogen-bond donors (Lipinski definition) is 2. The second-order valence-electron chi connectivity index (χ2n) is 16.2. The van der Waals surface area contributed by atoms with E-state index in [2.05, 4.69) is 47.0 Å². The number of carbonyl (C=O) groups is 1. The molecule has 4 aromatic carbocycles. The first-order valence-corrected chi connectivity index (χ1v) is 24.6. The highest BCUT2D eigenvalue weighted by Crippen LogP contribution is 2.43. The van der Waals surface area contributed by atoms with E-state index in [1.54, 1.807) is 12.1 Å². The molecule has 0 radical (unpaired) electrons. The van der Waals surface area contributed by atoms with Gasteiger partial charge in [0.25, 0.3) is 15.9 Å². The van der Waals surface area contributed by atoms with Gasteiger partial charge in [0.2, 0.25) is 0 Å². The average molecular weight is 902 g/mol. The minimum absolute atomic E-state index is 0.0515. The number of hydrogen-bond acceptors (Lipinski definition) is 8. The van der Waals surface area contributed by atoms with E-state index in [1.165, 1.54) is 40.6 Å². The summed E-state index contributed by atoms with van der Waals surface area (Å²) in [6.45, 7) is 10.7. The molecular weight excluding hydrogens is 849 g/mol. The van der Waals surface area contributed by atoms with Gasteiger partial charge in [-0.05, 0) is 115 Å². The summed E-state index contributed by atoms with van der Waals surface area (Å²) in [5.74, 6) is 2.54. The summed E-state index contributed by atoms with van der Waals surface area (Å²) in [6, 6.07) is 26.8. The molecule has 4 aromatic rings. The van der Waals surface area contributed by atoms with Crippen LogP contribution in [0, 0.1) is 5.41 Å². The van der Waals surface area contributed by atoms with Crippen molar-refractivity contribution in [3.8, 4) is 0 Å². The van der Waals surface area contributed by atoms with E-state index in [-0.39, 0.29) is 22.7 Å². The van der Waals surface area contributed by atoms with Crippen LogP contribution in [-0.4, -0.2) is 79.3 Å². The molecule has 0 spiro atoms. The number of allylic oxidation sites excluding steroid dienone is 1. The quantitative estimate of drug-likeness (QED) is 0.0900. The zero-order valence-electron chi connectivity index (χ0n) is 34.1. The van der Waals surface area contributed by atoms with E-state index in [9.17, 15) is 30.6 Å². The zero-order chi connectivity index (χ0) is 43.3. The minimum Gasteiger partial charge on any atom is -0.381 e. The Morgan fingerprint density at radius 2 is 1.60 bits per heavy atom. The smallest absolute Gasteiger partial charge is 0.381 e. The number of rotatable bonds is 15. The molecule has 0 bridgehead atoms. The van der Waals surface area contributed by atoms with E-state index in [0.717, 1.165) is 79.7 Å². The second-order valence-corrected chi connectivity index (χ2v) is 21.7. The number of benzene rings is 4. The third-order valence-electron chi connectivity index (χ3n) is 11.1. The Morgan fingerprint density at radius 1 is 0.933 bits per heavy atom. The van der Waals surface area contributed by atoms with Crippen molar-refractivity contribution in [1.82, 2.24) is 9.62 Å². The predicted octanol–water partition coefficient (Wildman–Crippen LogP) is 10.2. The Labute approximate surface area is 362 Å². The van der Waals surface area contributed by atoms with Crippen molar-refractivity contribution >= 4 is 71.6 Å². The van der Waals surface area contributed by atoms with Crippen LogP contribution in [0.25, 0.3) is 5.57 Å². The number of halogens is 4. The average Bonchev–Trinajstić information content (AvgIpc) is 3.20. The van der Waals surface area contributed by atoms with E-state index >= 15 is 0 Å². The molecule has 322 valence electrons. The van der Waals surface area contributed by atoms with Crippen molar-refractivity contribution in [1.29, 1.82) is 0 Å². The molecular formula is C45H52ClF3N4O4S3. The highest BCUT2D eigenvalue weighted by atomic mass is 35.5. The van der Waals surface area contributed by atoms with Crippen molar-refractivity contribution < 1.29 is 30.6 Å². The van der Waals surface area contributed by atoms with E-state index < -0.39 is 40.8 Å². The van der Waals surface area contributed by atoms with Crippen molar-refractivity contribution in [2.24, 2.45) is 5.41 Å². The van der Waals surface area contributed by atoms with Gasteiger partial charge in [0, 0.05) is 65.7 Å². The number of amides is 1. The van der Waals surface area contributed by atoms with Crippen LogP contribution in [-0.2, 0) is 19.5 Å². The van der Waals surface area contributed by atoms with Crippen LogP contribution in [0.4, 0.5) is 24.5 Å². The molecule has 1 unspecified atom stereocenters. The predicted molar refractivity (Wildman–Crippen MR) is 241 cm³/mol. The second kappa shape index (κ2) is 19.0. The van der Waals surface area contributed by atoms with Crippen LogP contribution < -0.4 is 14.9 Å². The maximum atomic E-state index is 14.2. The molecule has 0 saturated carbocycles. The van der Waals surface area contributed by atoms with Crippen molar-refractivity contribution in [2.75, 3.05) is 48.7 Å². The molecule has 15 heteroatoms. The van der Waals surface area contributed by atoms with Gasteiger partial charge in [-0.3, -0.25) is 13.9 Å². The number of thioether (sulfide) groups is 1. The normalized spacial score (nSPS) is 17.8. The first-order valence-electron chi connectivity index (χ1n) is 20.0. The van der Waals surface area contributed by atoms with Crippen molar-refractivity contribution in [3.05, 3.63) is 119 Å². The fraction of sp³-hybridized carbons (Fsp3) is 0.378. The minimum atomic E-state index is -5.27. The van der Waals surface area contributed by atoms with Crippen LogP contribution in [0.5, 0.6) is 0 Å². The largest absolute Gasteiger partial charge is 0.467 e. The fourth-order valence-electron chi connectivity index (χ4n) is 7.73. The first kappa shape index (κ1) is 45.6. The molecule has 1 amide bonds. The van der Waals surface area contributed by atoms with Crippen LogP contribution >= 0.6 is 23.4 Å². The summed E-state index contributed by atoms with van der Waals surface area (Å²) in [4.78, 5) is 17.5. The maximum absolute atomic E-state index is 14.2. The molecule has 2 aliphatic rings. The number of anilines is 2. The summed E-state index contributed by atoms with van der Waals surface area (Å²) in [6.07, 6.45) is 4.48. The van der Waals surface area contributed by atoms with Crippen molar-refractivity contribution in [2.45, 2.75) is 79.1 Å². The van der Waals surface area contributed by atoms with Crippen molar-refractivity contribution in [3.63, 3.8) is 0 Å². The van der Waals surface area contributed by atoms with Crippen LogP contribution in [0.2, 0.25) is 5.02 Å². The molecule has 60 heavy (non-hydrogen) atoms. The van der Waals surface area contributed by atoms with Crippen LogP contribution in [0.3, 0.4) is 0 Å². The lowest BCUT2D eigenvalue weighted by molar-refractivity contribution is -0.0392. The standard InChI is InChI=1S/C45H52ClF3N4O4S3/c1-5-9-36(31-58-38-10-7-6-8-11-38)50-41-21-20-39(28-42(41)59(4,55)45(47,48)49)60(56,57)51-43(54)33-14-18-37(19-15-33)53-26-24-52(25-27-53)30-34-29-44(2,3)23-22-40(34)32-12-16-35(46)17-13-32/h6-8,10-21,28,36,50H,4-5,9,22-27,29-31H2,1-3H3,(H,51,54)/t36-,59?/m1/s1. The molecule has 8 nitrogen and oxygen atoms in total. The Bertz CT molecular complexity index is 2380. The summed E-state index contributed by atoms with van der Waals surface area (Å²) in [7, 11) is -9.70. The first-order chi connectivity index (χ1) is 28.3. The molecule has 2 N–H and O–H groups in total. The number of piperazine rings is 1. The zero-order valence-corrected chi connectivity index (χ0v) is 37.3. The number of alkyl halides is 3. The summed E-state index contributed by atoms with van der Waals surface area (Å²) in [5.41, 5.74) is -0.148. The molecule has 0 aromatic heterocycles. The number of nitrogens with zero attached hydrogens (tertiary/aromatic N) is 2. The highest BCUT2D eigenvalue weighted by molar-refractivity contribution is 8.01. The summed E-state index contributed by atoms with van der Waals surface area (Å²) in [5, 5.41) is 3.80. The molecule has 1 aliphatic carbocycles. The lowest BCUT2D eigenvalue weighted by atomic mass is 9.73. The Hall–Kier alpha value is -3.95. The Kier molecular flexibility index (Phi) is 14.4. The van der Waals surface area contributed by atoms with E-state index in [4.69, 9.17) is 11.6 Å². The van der Waals surface area contributed by atoms with Crippen LogP contribution in [0.1, 0.15) is 68.8 Å². The highest BCUT2D eigenvalue weighted by Gasteiger charge is 2.43. The molecule has 1 fully saturated rings. The molecule has 1 heterocycles. The van der Waals surface area contributed by atoms with Gasteiger partial charge in [-0.2, -0.15) is 13.2 Å². The van der Waals surface area contributed by atoms with Gasteiger partial charge in [-0.15, -0.1) is 11.8 Å². The number of carbonyl (C=O) groups excluding carboxylic acids is 1. The molecule has 1 aliphatic heterocycles. The lowest BCUT2D eigenvalue weighted by Crippen LogP contribution is -2.47. The van der Waals surface area contributed by atoms with Gasteiger partial charge >= 0.3 is 5.51 Å². The maximum Gasteiger partial charge on any atom is 0.467 e. The van der Waals surface area contributed by atoms with Gasteiger partial charge in [0.15, 0.2) is 0 Å². The molecule has 1 saturated heterocycles. The Morgan fingerprint density at radius 3 is 2.23 bits per heavy atom. The SMILES string of the molecule is C=S(=O)(c1cc(S(=O)(=O)NC(=O)c2ccc(N3CCN(CC4=C(c5ccc(Cl)cc5)CCC(C)(C)C4)CC3)cc2)ccc1N[C@H](CCC)CSc1ccccc1)C(F)(F)F. The van der Waals surface area contributed by atoms with Gasteiger partial charge in [0.05, 0.1) is 25.0 Å². The number of nitrogens with one attached hydrogen (secondary N) is 2. The lowest BCUT2D eigenvalue weighted by Gasteiger charge is -2.39. The monoisotopic (exact) mass is 900 g/mol. The van der Waals surface area contributed by atoms with Gasteiger partial charge in [0.1, 0.15) is 0 Å². The summed E-state index contributed by atoms with van der Waals surface area (Å²) >= 11 is 7.69. The fourth-order valence-corrected chi connectivity index (χ4v) is 11.0. The van der Waals surface area contributed by atoms with E-state index in [1.807, 2.05) is 54.1 Å². The van der Waals surface area contributed by atoms with Gasteiger partial charge in [-0.25, -0.2) is 13.1 Å². The van der Waals surface area contributed by atoms with Gasteiger partial charge in [-0.1, -0.05) is 74.7 Å². The van der Waals surface area contributed by atoms with Gasteiger partial charge < -0.3 is 10.2 Å². The van der Waals surface area contributed by atoms with Crippen LogP contribution in [0.15, 0.2) is 117 Å². The third kappa shape index (κ3) is 11.3. The number of sulfonamides is 1. The summed E-state index contributed by atoms with van der Waals surface area (Å²) < 4.78 is 84.9. The topological polar surface area (TPSA) is 98.8 Å². The van der Waals surface area contributed by atoms with E-state index in [0.29, 0.717) is 24.7 Å².